The minimum atomic E-state index is -0.109. The fourth-order valence-electron chi connectivity index (χ4n) is 2.07. The Balaban J connectivity index is 1.59. The van der Waals surface area contributed by atoms with Crippen LogP contribution in [0.2, 0.25) is 0 Å². The van der Waals surface area contributed by atoms with E-state index in [0.29, 0.717) is 24.4 Å². The molecule has 3 aromatic rings. The van der Waals surface area contributed by atoms with Crippen molar-refractivity contribution >= 4 is 17.2 Å². The van der Waals surface area contributed by atoms with Crippen LogP contribution in [0, 0.1) is 6.92 Å². The average Bonchev–Trinajstić information content (AvgIpc) is 3.18. The molecule has 0 aliphatic heterocycles. The van der Waals surface area contributed by atoms with Crippen LogP contribution in [0.25, 0.3) is 10.8 Å². The summed E-state index contributed by atoms with van der Waals surface area (Å²) in [6.45, 7) is 2.41. The summed E-state index contributed by atoms with van der Waals surface area (Å²) in [6.07, 6.45) is 3.84. The number of carbonyl (C=O) groups excluding carboxylic acids is 1. The van der Waals surface area contributed by atoms with E-state index in [1.54, 1.807) is 35.9 Å². The molecule has 5 nitrogen and oxygen atoms in total. The molecule has 0 bridgehead atoms. The molecule has 3 heterocycles. The maximum Gasteiger partial charge on any atom is 0.251 e. The molecule has 0 radical (unpaired) electrons. The number of hydrogen-bond donors (Lipinski definition) is 1. The highest BCUT2D eigenvalue weighted by atomic mass is 32.1. The van der Waals surface area contributed by atoms with Gasteiger partial charge in [0.05, 0.1) is 10.6 Å². The normalized spacial score (nSPS) is 10.6. The van der Waals surface area contributed by atoms with Gasteiger partial charge in [-0.25, -0.2) is 4.98 Å². The summed E-state index contributed by atoms with van der Waals surface area (Å²) >= 11 is 1.59. The lowest BCUT2D eigenvalue weighted by atomic mass is 10.2. The zero-order valence-corrected chi connectivity index (χ0v) is 12.9. The molecule has 0 spiro atoms. The SMILES string of the molecule is Cc1oc(-c2cccs2)nc1CCNC(=O)c1ccncc1. The highest BCUT2D eigenvalue weighted by Gasteiger charge is 2.12. The summed E-state index contributed by atoms with van der Waals surface area (Å²) in [6, 6.07) is 7.32. The zero-order chi connectivity index (χ0) is 15.4. The monoisotopic (exact) mass is 313 g/mol. The summed E-state index contributed by atoms with van der Waals surface area (Å²) in [5.74, 6) is 1.33. The standard InChI is InChI=1S/C16H15N3O2S/c1-11-13(19-16(21-11)14-3-2-10-22-14)6-9-18-15(20)12-4-7-17-8-5-12/h2-5,7-8,10H,6,9H2,1H3,(H,18,20). The summed E-state index contributed by atoms with van der Waals surface area (Å²) in [5, 5.41) is 4.86. The molecule has 3 rings (SSSR count). The van der Waals surface area contributed by atoms with Crippen molar-refractivity contribution in [3.8, 4) is 10.8 Å². The molecule has 0 saturated heterocycles. The van der Waals surface area contributed by atoms with Crippen molar-refractivity contribution in [2.75, 3.05) is 6.54 Å². The van der Waals surface area contributed by atoms with Crippen LogP contribution in [-0.4, -0.2) is 22.4 Å². The second-order valence-corrected chi connectivity index (χ2v) is 5.69. The van der Waals surface area contributed by atoms with Crippen LogP contribution in [0.1, 0.15) is 21.8 Å². The Kier molecular flexibility index (Phi) is 4.29. The third-order valence-electron chi connectivity index (χ3n) is 3.21. The number of amides is 1. The molecule has 6 heteroatoms. The van der Waals surface area contributed by atoms with Crippen molar-refractivity contribution in [2.24, 2.45) is 0 Å². The highest BCUT2D eigenvalue weighted by Crippen LogP contribution is 2.25. The number of aromatic nitrogens is 2. The highest BCUT2D eigenvalue weighted by molar-refractivity contribution is 7.13. The first-order valence-electron chi connectivity index (χ1n) is 6.92. The molecule has 112 valence electrons. The fraction of sp³-hybridized carbons (Fsp3) is 0.188. The number of rotatable bonds is 5. The average molecular weight is 313 g/mol. The number of hydrogen-bond acceptors (Lipinski definition) is 5. The van der Waals surface area contributed by atoms with Crippen molar-refractivity contribution in [1.82, 2.24) is 15.3 Å². The Morgan fingerprint density at radius 3 is 2.86 bits per heavy atom. The number of thiophene rings is 1. The topological polar surface area (TPSA) is 68.0 Å². The zero-order valence-electron chi connectivity index (χ0n) is 12.1. The maximum atomic E-state index is 11.9. The van der Waals surface area contributed by atoms with Gasteiger partial charge in [-0.15, -0.1) is 11.3 Å². The molecule has 0 unspecified atom stereocenters. The molecule has 1 amide bonds. The van der Waals surface area contributed by atoms with Gasteiger partial charge < -0.3 is 9.73 Å². The van der Waals surface area contributed by atoms with Gasteiger partial charge in [-0.2, -0.15) is 0 Å². The molecule has 0 atom stereocenters. The van der Waals surface area contributed by atoms with E-state index in [-0.39, 0.29) is 5.91 Å². The quantitative estimate of drug-likeness (QED) is 0.786. The number of nitrogens with zero attached hydrogens (tertiary/aromatic N) is 2. The molecule has 0 aliphatic rings. The van der Waals surface area contributed by atoms with Crippen LogP contribution < -0.4 is 5.32 Å². The van der Waals surface area contributed by atoms with Crippen LogP contribution in [0.3, 0.4) is 0 Å². The first-order valence-corrected chi connectivity index (χ1v) is 7.80. The van der Waals surface area contributed by atoms with E-state index >= 15 is 0 Å². The molecule has 0 aromatic carbocycles. The number of aryl methyl sites for hydroxylation is 1. The van der Waals surface area contributed by atoms with E-state index in [4.69, 9.17) is 4.42 Å². The predicted molar refractivity (Wildman–Crippen MR) is 84.8 cm³/mol. The lowest BCUT2D eigenvalue weighted by Gasteiger charge is -2.03. The molecular weight excluding hydrogens is 298 g/mol. The minimum absolute atomic E-state index is 0.109. The van der Waals surface area contributed by atoms with Gasteiger partial charge in [-0.1, -0.05) is 6.07 Å². The smallest absolute Gasteiger partial charge is 0.251 e. The first kappa shape index (κ1) is 14.5. The largest absolute Gasteiger partial charge is 0.440 e. The van der Waals surface area contributed by atoms with E-state index in [2.05, 4.69) is 15.3 Å². The molecule has 0 saturated carbocycles. The number of pyridine rings is 1. The van der Waals surface area contributed by atoms with E-state index in [1.807, 2.05) is 24.4 Å². The summed E-state index contributed by atoms with van der Waals surface area (Å²) in [4.78, 5) is 21.3. The van der Waals surface area contributed by atoms with Crippen molar-refractivity contribution in [2.45, 2.75) is 13.3 Å². The first-order chi connectivity index (χ1) is 10.7. The summed E-state index contributed by atoms with van der Waals surface area (Å²) in [5.41, 5.74) is 1.48. The Bertz CT molecular complexity index is 751. The van der Waals surface area contributed by atoms with Gasteiger partial charge in [0.25, 0.3) is 5.91 Å². The van der Waals surface area contributed by atoms with Gasteiger partial charge in [0.2, 0.25) is 5.89 Å². The lowest BCUT2D eigenvalue weighted by Crippen LogP contribution is -2.25. The van der Waals surface area contributed by atoms with E-state index in [1.165, 1.54) is 0 Å². The molecule has 0 aliphatic carbocycles. The predicted octanol–water partition coefficient (Wildman–Crippen LogP) is 3.08. The maximum absolute atomic E-state index is 11.9. The van der Waals surface area contributed by atoms with Gasteiger partial charge in [-0.3, -0.25) is 9.78 Å². The van der Waals surface area contributed by atoms with Crippen LogP contribution >= 0.6 is 11.3 Å². The number of nitrogens with one attached hydrogen (secondary N) is 1. The lowest BCUT2D eigenvalue weighted by molar-refractivity contribution is 0.0954. The minimum Gasteiger partial charge on any atom is -0.440 e. The van der Waals surface area contributed by atoms with Crippen molar-refractivity contribution in [3.05, 3.63) is 59.1 Å². The molecular formula is C16H15N3O2S. The van der Waals surface area contributed by atoms with Gasteiger partial charge in [0.15, 0.2) is 0 Å². The Morgan fingerprint density at radius 2 is 2.14 bits per heavy atom. The van der Waals surface area contributed by atoms with Crippen molar-refractivity contribution in [1.29, 1.82) is 0 Å². The third kappa shape index (κ3) is 3.23. The van der Waals surface area contributed by atoms with Gasteiger partial charge in [-0.05, 0) is 30.5 Å². The van der Waals surface area contributed by atoms with E-state index in [0.717, 1.165) is 16.3 Å². The second-order valence-electron chi connectivity index (χ2n) is 4.74. The second kappa shape index (κ2) is 6.53. The molecule has 3 aromatic heterocycles. The molecule has 22 heavy (non-hydrogen) atoms. The molecule has 0 fully saturated rings. The van der Waals surface area contributed by atoms with E-state index in [9.17, 15) is 4.79 Å². The Morgan fingerprint density at radius 1 is 1.32 bits per heavy atom. The van der Waals surface area contributed by atoms with Crippen LogP contribution in [0.15, 0.2) is 46.5 Å². The van der Waals surface area contributed by atoms with E-state index < -0.39 is 0 Å². The van der Waals surface area contributed by atoms with Crippen LogP contribution in [0.4, 0.5) is 0 Å². The van der Waals surface area contributed by atoms with Crippen LogP contribution in [0.5, 0.6) is 0 Å². The van der Waals surface area contributed by atoms with Gasteiger partial charge in [0, 0.05) is 30.9 Å². The molecule has 1 N–H and O–H groups in total. The summed E-state index contributed by atoms with van der Waals surface area (Å²) in [7, 11) is 0. The fourth-order valence-corrected chi connectivity index (χ4v) is 2.71. The van der Waals surface area contributed by atoms with Gasteiger partial charge in [0.1, 0.15) is 5.76 Å². The Labute approximate surface area is 132 Å². The Hall–Kier alpha value is -2.47. The van der Waals surface area contributed by atoms with Crippen LogP contribution in [-0.2, 0) is 6.42 Å². The third-order valence-corrected chi connectivity index (χ3v) is 4.07. The van der Waals surface area contributed by atoms with Gasteiger partial charge >= 0.3 is 0 Å². The number of carbonyl (C=O) groups is 1. The summed E-state index contributed by atoms with van der Waals surface area (Å²) < 4.78 is 5.68. The van der Waals surface area contributed by atoms with Crippen molar-refractivity contribution in [3.63, 3.8) is 0 Å². The van der Waals surface area contributed by atoms with Crippen molar-refractivity contribution < 1.29 is 9.21 Å². The number of oxazole rings is 1.